The van der Waals surface area contributed by atoms with Gasteiger partial charge in [0.25, 0.3) is 0 Å². The summed E-state index contributed by atoms with van der Waals surface area (Å²) in [5.74, 6) is -2.23. The fourth-order valence-corrected chi connectivity index (χ4v) is 3.25. The van der Waals surface area contributed by atoms with Crippen molar-refractivity contribution < 1.29 is 52.8 Å². The summed E-state index contributed by atoms with van der Waals surface area (Å²) in [6, 6.07) is 9.16. The van der Waals surface area contributed by atoms with E-state index < -0.39 is 41.4 Å². The zero-order valence-corrected chi connectivity index (χ0v) is 30.8. The lowest BCUT2D eigenvalue weighted by Crippen LogP contribution is -2.43. The average Bonchev–Trinajstić information content (AvgIpc) is 3.01. The molecule has 4 N–H and O–H groups in total. The minimum absolute atomic E-state index is 0.0288. The summed E-state index contributed by atoms with van der Waals surface area (Å²) in [5, 5.41) is 17.3. The van der Waals surface area contributed by atoms with Crippen LogP contribution in [0.25, 0.3) is 0 Å². The van der Waals surface area contributed by atoms with Gasteiger partial charge in [-0.15, -0.1) is 0 Å². The maximum absolute atomic E-state index is 12.3. The number of benzene rings is 1. The van der Waals surface area contributed by atoms with Crippen LogP contribution in [-0.2, 0) is 39.9 Å². The first-order valence-electron chi connectivity index (χ1n) is 16.1. The molecule has 0 spiro atoms. The topological polar surface area (TPSA) is 199 Å². The SMILES string of the molecule is CCC=O.COC(=O)[C@@H](C)CNCCNC(=O)OC(C)(C)C.C[C@@H](CN(CCNC(=O)OC(C)(C)C)C(=O)OCc1ccccc1)C(=O)O. The highest BCUT2D eigenvalue weighted by Gasteiger charge is 2.23. The van der Waals surface area contributed by atoms with Gasteiger partial charge in [0.2, 0.25) is 0 Å². The molecular formula is C34H58N4O11. The maximum Gasteiger partial charge on any atom is 0.410 e. The van der Waals surface area contributed by atoms with Crippen molar-refractivity contribution in [2.24, 2.45) is 11.8 Å². The van der Waals surface area contributed by atoms with Gasteiger partial charge in [-0.3, -0.25) is 9.59 Å². The van der Waals surface area contributed by atoms with E-state index in [0.29, 0.717) is 26.1 Å². The third-order valence-corrected chi connectivity index (χ3v) is 5.62. The van der Waals surface area contributed by atoms with E-state index in [2.05, 4.69) is 20.7 Å². The summed E-state index contributed by atoms with van der Waals surface area (Å²) in [5.41, 5.74) is -0.295. The monoisotopic (exact) mass is 698 g/mol. The Kier molecular flexibility index (Phi) is 24.4. The highest BCUT2D eigenvalue weighted by atomic mass is 16.6. The molecule has 0 saturated heterocycles. The highest BCUT2D eigenvalue weighted by molar-refractivity contribution is 5.73. The molecule has 49 heavy (non-hydrogen) atoms. The van der Waals surface area contributed by atoms with Crippen molar-refractivity contribution in [3.05, 3.63) is 35.9 Å². The molecule has 0 saturated carbocycles. The number of carbonyl (C=O) groups excluding carboxylic acids is 5. The van der Waals surface area contributed by atoms with Crippen LogP contribution in [0.5, 0.6) is 0 Å². The molecule has 0 heterocycles. The second-order valence-electron chi connectivity index (χ2n) is 12.8. The predicted octanol–water partition coefficient (Wildman–Crippen LogP) is 4.38. The summed E-state index contributed by atoms with van der Waals surface area (Å²) in [6.07, 6.45) is -0.172. The van der Waals surface area contributed by atoms with Crippen LogP contribution in [0.1, 0.15) is 74.3 Å². The first-order chi connectivity index (χ1) is 22.8. The number of aldehydes is 1. The van der Waals surface area contributed by atoms with E-state index in [1.165, 1.54) is 18.9 Å². The van der Waals surface area contributed by atoms with Crippen LogP contribution in [0.4, 0.5) is 14.4 Å². The molecule has 3 amide bonds. The molecule has 0 aliphatic rings. The Balaban J connectivity index is 0. The first-order valence-corrected chi connectivity index (χ1v) is 16.1. The van der Waals surface area contributed by atoms with Crippen molar-refractivity contribution in [1.29, 1.82) is 0 Å². The normalized spacial score (nSPS) is 11.8. The van der Waals surface area contributed by atoms with E-state index in [0.717, 1.165) is 11.8 Å². The van der Waals surface area contributed by atoms with Gasteiger partial charge in [0.15, 0.2) is 0 Å². The molecule has 2 atom stereocenters. The van der Waals surface area contributed by atoms with Crippen LogP contribution < -0.4 is 16.0 Å². The Morgan fingerprint density at radius 2 is 1.37 bits per heavy atom. The standard InChI is InChI=1S/C19H28N2O6.C12H24N2O4.C3H6O/c1-14(16(22)23)12-21(11-10-20-17(24)27-19(2,3)4)18(25)26-13-15-8-6-5-7-9-15;1-9(10(15)17-5)8-13-6-7-14-11(16)18-12(2,3)4;1-2-3-4/h5-9,14H,10-13H2,1-4H3,(H,20,24)(H,22,23);9,13H,6-8H2,1-5H3,(H,14,16);3H,2H2,1H3/t14-;9-;/m00./s1. The number of nitrogens with one attached hydrogen (secondary N) is 3. The molecule has 1 aromatic rings. The molecule has 1 aromatic carbocycles. The smallest absolute Gasteiger partial charge is 0.410 e. The van der Waals surface area contributed by atoms with Crippen molar-refractivity contribution in [3.63, 3.8) is 0 Å². The van der Waals surface area contributed by atoms with E-state index >= 15 is 0 Å². The van der Waals surface area contributed by atoms with E-state index in [9.17, 15) is 28.8 Å². The maximum atomic E-state index is 12.3. The van der Waals surface area contributed by atoms with Crippen LogP contribution in [0.2, 0.25) is 0 Å². The Morgan fingerprint density at radius 1 is 0.857 bits per heavy atom. The Morgan fingerprint density at radius 3 is 1.82 bits per heavy atom. The number of nitrogens with zero attached hydrogens (tertiary/aromatic N) is 1. The number of alkyl carbamates (subject to hydrolysis) is 2. The summed E-state index contributed by atoms with van der Waals surface area (Å²) in [7, 11) is 1.36. The van der Waals surface area contributed by atoms with Crippen LogP contribution in [0.3, 0.4) is 0 Å². The fraction of sp³-hybridized carbons (Fsp3) is 0.647. The van der Waals surface area contributed by atoms with Gasteiger partial charge < -0.3 is 49.7 Å². The molecular weight excluding hydrogens is 640 g/mol. The summed E-state index contributed by atoms with van der Waals surface area (Å²) >= 11 is 0. The zero-order chi connectivity index (χ0) is 38.0. The lowest BCUT2D eigenvalue weighted by Gasteiger charge is -2.25. The molecule has 15 nitrogen and oxygen atoms in total. The second-order valence-corrected chi connectivity index (χ2v) is 12.8. The minimum atomic E-state index is -1.02. The lowest BCUT2D eigenvalue weighted by molar-refractivity contribution is -0.144. The van der Waals surface area contributed by atoms with Crippen molar-refractivity contribution in [2.45, 2.75) is 86.5 Å². The Hall–Kier alpha value is -4.40. The van der Waals surface area contributed by atoms with E-state index in [1.54, 1.807) is 27.7 Å². The number of methoxy groups -OCH3 is 1. The number of hydrogen-bond donors (Lipinski definition) is 4. The summed E-state index contributed by atoms with van der Waals surface area (Å²) < 4.78 is 20.0. The number of amides is 3. The number of rotatable bonds is 15. The Labute approximate surface area is 290 Å². The minimum Gasteiger partial charge on any atom is -0.481 e. The highest BCUT2D eigenvalue weighted by Crippen LogP contribution is 2.08. The number of esters is 1. The van der Waals surface area contributed by atoms with Crippen LogP contribution in [0.15, 0.2) is 30.3 Å². The quantitative estimate of drug-likeness (QED) is 0.0874. The Bertz CT molecular complexity index is 1120. The molecule has 15 heteroatoms. The third-order valence-electron chi connectivity index (χ3n) is 5.62. The number of aliphatic carboxylic acids is 1. The van der Waals surface area contributed by atoms with Crippen molar-refractivity contribution >= 4 is 36.5 Å². The van der Waals surface area contributed by atoms with E-state index in [-0.39, 0.29) is 38.1 Å². The first kappa shape index (κ1) is 46.7. The lowest BCUT2D eigenvalue weighted by atomic mass is 10.2. The molecule has 0 unspecified atom stereocenters. The number of carboxylic acid groups (broad SMARTS) is 1. The third kappa shape index (κ3) is 28.3. The van der Waals surface area contributed by atoms with Crippen molar-refractivity contribution in [1.82, 2.24) is 20.9 Å². The van der Waals surface area contributed by atoms with Gasteiger partial charge in [-0.05, 0) is 47.1 Å². The zero-order valence-electron chi connectivity index (χ0n) is 30.8. The molecule has 280 valence electrons. The van der Waals surface area contributed by atoms with Crippen LogP contribution >= 0.6 is 0 Å². The van der Waals surface area contributed by atoms with Gasteiger partial charge in [0, 0.05) is 45.7 Å². The molecule has 0 radical (unpaired) electrons. The number of ether oxygens (including phenoxy) is 4. The van der Waals surface area contributed by atoms with Gasteiger partial charge in [-0.1, -0.05) is 51.1 Å². The van der Waals surface area contributed by atoms with Gasteiger partial charge in [-0.2, -0.15) is 0 Å². The molecule has 1 rings (SSSR count). The van der Waals surface area contributed by atoms with Gasteiger partial charge in [-0.25, -0.2) is 14.4 Å². The second kappa shape index (κ2) is 25.6. The number of carbonyl (C=O) groups is 6. The van der Waals surface area contributed by atoms with Gasteiger partial charge in [0.05, 0.1) is 18.9 Å². The molecule has 0 bridgehead atoms. The molecule has 0 aliphatic carbocycles. The molecule has 0 aliphatic heterocycles. The van der Waals surface area contributed by atoms with Crippen LogP contribution in [0, 0.1) is 11.8 Å². The summed E-state index contributed by atoms with van der Waals surface area (Å²) in [6.45, 7) is 17.5. The predicted molar refractivity (Wildman–Crippen MR) is 184 cm³/mol. The van der Waals surface area contributed by atoms with Crippen molar-refractivity contribution in [3.8, 4) is 0 Å². The van der Waals surface area contributed by atoms with Gasteiger partial charge in [0.1, 0.15) is 24.1 Å². The largest absolute Gasteiger partial charge is 0.481 e. The number of carboxylic acids is 1. The number of hydrogen-bond acceptors (Lipinski definition) is 11. The fourth-order valence-electron chi connectivity index (χ4n) is 3.25. The van der Waals surface area contributed by atoms with Crippen molar-refractivity contribution in [2.75, 3.05) is 46.4 Å². The average molecular weight is 699 g/mol. The molecule has 0 aromatic heterocycles. The molecule has 0 fully saturated rings. The summed E-state index contributed by atoms with van der Waals surface area (Å²) in [4.78, 5) is 67.9. The van der Waals surface area contributed by atoms with Gasteiger partial charge >= 0.3 is 30.2 Å². The van der Waals surface area contributed by atoms with E-state index in [4.69, 9.17) is 19.3 Å². The van der Waals surface area contributed by atoms with Crippen LogP contribution in [-0.4, -0.2) is 104 Å². The van der Waals surface area contributed by atoms with E-state index in [1.807, 2.05) is 58.0 Å².